The first-order chi connectivity index (χ1) is 13.7. The number of anilines is 2. The molecule has 0 spiro atoms. The van der Waals surface area contributed by atoms with Crippen molar-refractivity contribution in [1.82, 2.24) is 29.8 Å². The van der Waals surface area contributed by atoms with Crippen LogP contribution in [0, 0.1) is 6.92 Å². The molecular weight excluding hydrogens is 354 g/mol. The van der Waals surface area contributed by atoms with E-state index < -0.39 is 0 Å². The highest BCUT2D eigenvalue weighted by Crippen LogP contribution is 2.27. The summed E-state index contributed by atoms with van der Waals surface area (Å²) in [5.74, 6) is 2.17. The molecule has 1 atom stereocenters. The number of nitrogens with one attached hydrogen (secondary N) is 1. The molecule has 3 aromatic rings. The highest BCUT2D eigenvalue weighted by atomic mass is 16.2. The fourth-order valence-corrected chi connectivity index (χ4v) is 3.35. The van der Waals surface area contributed by atoms with E-state index >= 15 is 0 Å². The summed E-state index contributed by atoms with van der Waals surface area (Å²) in [4.78, 5) is 36.2. The second kappa shape index (κ2) is 8.08. The molecule has 4 rings (SSSR count). The molecule has 0 saturated carbocycles. The summed E-state index contributed by atoms with van der Waals surface area (Å²) in [5.41, 5.74) is 1.24. The molecule has 28 heavy (non-hydrogen) atoms. The van der Waals surface area contributed by atoms with Crippen molar-refractivity contribution in [2.75, 3.05) is 18.4 Å². The summed E-state index contributed by atoms with van der Waals surface area (Å²) in [6, 6.07) is 7.57. The van der Waals surface area contributed by atoms with E-state index in [9.17, 15) is 4.79 Å². The van der Waals surface area contributed by atoms with Crippen molar-refractivity contribution in [3.05, 3.63) is 66.3 Å². The Morgan fingerprint density at radius 1 is 1.14 bits per heavy atom. The third-order valence-corrected chi connectivity index (χ3v) is 4.65. The van der Waals surface area contributed by atoms with Crippen molar-refractivity contribution in [3.63, 3.8) is 0 Å². The molecule has 0 aromatic carbocycles. The van der Waals surface area contributed by atoms with Crippen molar-refractivity contribution in [2.45, 2.75) is 25.7 Å². The minimum atomic E-state index is -0.0997. The molecular formula is C20H21N7O. The monoisotopic (exact) mass is 375 g/mol. The van der Waals surface area contributed by atoms with Gasteiger partial charge >= 0.3 is 0 Å². The average Bonchev–Trinajstić information content (AvgIpc) is 2.74. The number of hydrogen-bond acceptors (Lipinski definition) is 7. The van der Waals surface area contributed by atoms with Gasteiger partial charge in [0, 0.05) is 49.4 Å². The lowest BCUT2D eigenvalue weighted by Gasteiger charge is -2.32. The zero-order chi connectivity index (χ0) is 19.3. The van der Waals surface area contributed by atoms with Gasteiger partial charge in [-0.25, -0.2) is 19.9 Å². The highest BCUT2D eigenvalue weighted by Gasteiger charge is 2.28. The number of likely N-dealkylation sites (tertiary alicyclic amines) is 1. The van der Waals surface area contributed by atoms with Gasteiger partial charge < -0.3 is 10.2 Å². The Hall–Kier alpha value is -3.42. The van der Waals surface area contributed by atoms with Gasteiger partial charge in [-0.1, -0.05) is 6.07 Å². The zero-order valence-corrected chi connectivity index (χ0v) is 15.6. The Morgan fingerprint density at radius 2 is 2.07 bits per heavy atom. The smallest absolute Gasteiger partial charge is 0.274 e. The molecule has 0 aliphatic carbocycles. The van der Waals surface area contributed by atoms with Crippen LogP contribution in [0.1, 0.15) is 40.8 Å². The minimum absolute atomic E-state index is 0.0820. The first-order valence-electron chi connectivity index (χ1n) is 9.28. The quantitative estimate of drug-likeness (QED) is 0.749. The summed E-state index contributed by atoms with van der Waals surface area (Å²) in [7, 11) is 0. The average molecular weight is 375 g/mol. The van der Waals surface area contributed by atoms with E-state index in [1.165, 1.54) is 12.4 Å². The number of carbonyl (C=O) groups is 1. The lowest BCUT2D eigenvalue weighted by atomic mass is 9.96. The maximum atomic E-state index is 12.7. The maximum absolute atomic E-state index is 12.7. The van der Waals surface area contributed by atoms with Crippen molar-refractivity contribution in [2.24, 2.45) is 0 Å². The van der Waals surface area contributed by atoms with Gasteiger partial charge in [0.2, 0.25) is 0 Å². The van der Waals surface area contributed by atoms with E-state index in [1.807, 2.05) is 36.1 Å². The number of carbonyl (C=O) groups excluding carboxylic acids is 1. The number of rotatable bonds is 4. The van der Waals surface area contributed by atoms with Crippen molar-refractivity contribution in [3.8, 4) is 0 Å². The van der Waals surface area contributed by atoms with E-state index in [-0.39, 0.29) is 11.8 Å². The van der Waals surface area contributed by atoms with Crippen LogP contribution in [0.25, 0.3) is 0 Å². The molecule has 1 aliphatic heterocycles. The first kappa shape index (κ1) is 18.0. The van der Waals surface area contributed by atoms with E-state index in [0.717, 1.165) is 30.2 Å². The van der Waals surface area contributed by atoms with Gasteiger partial charge in [-0.2, -0.15) is 0 Å². The molecule has 0 unspecified atom stereocenters. The summed E-state index contributed by atoms with van der Waals surface area (Å²) >= 11 is 0. The normalized spacial score (nSPS) is 16.6. The summed E-state index contributed by atoms with van der Waals surface area (Å²) in [6.07, 6.45) is 8.17. The number of aryl methyl sites for hydroxylation is 1. The Bertz CT molecular complexity index is 949. The highest BCUT2D eigenvalue weighted by molar-refractivity contribution is 5.92. The molecule has 1 aliphatic rings. The first-order valence-corrected chi connectivity index (χ1v) is 9.28. The SMILES string of the molecule is Cc1cc(Nc2ccccn2)nc([C@H]2CCCN(C(=O)c3cnccn3)C2)n1. The molecule has 8 heteroatoms. The molecule has 1 amide bonds. The number of hydrogen-bond donors (Lipinski definition) is 1. The number of piperidine rings is 1. The number of amides is 1. The van der Waals surface area contributed by atoms with Crippen LogP contribution in [-0.2, 0) is 0 Å². The van der Waals surface area contributed by atoms with Gasteiger partial charge in [-0.3, -0.25) is 9.78 Å². The predicted octanol–water partition coefficient (Wildman–Crippen LogP) is 2.73. The molecule has 0 bridgehead atoms. The Kier molecular flexibility index (Phi) is 5.18. The van der Waals surface area contributed by atoms with Crippen LogP contribution in [0.15, 0.2) is 49.1 Å². The zero-order valence-electron chi connectivity index (χ0n) is 15.6. The van der Waals surface area contributed by atoms with Crippen LogP contribution in [0.4, 0.5) is 11.6 Å². The fourth-order valence-electron chi connectivity index (χ4n) is 3.35. The number of nitrogens with zero attached hydrogens (tertiary/aromatic N) is 6. The standard InChI is InChI=1S/C20H21N7O/c1-14-11-18(25-17-6-2-3-7-23-17)26-19(24-14)15-5-4-10-27(13-15)20(28)16-12-21-8-9-22-16/h2-3,6-9,11-12,15H,4-5,10,13H2,1H3,(H,23,24,25,26)/t15-/m0/s1. The second-order valence-corrected chi connectivity index (χ2v) is 6.77. The molecule has 8 nitrogen and oxygen atoms in total. The van der Waals surface area contributed by atoms with Crippen LogP contribution >= 0.6 is 0 Å². The predicted molar refractivity (Wildman–Crippen MR) is 104 cm³/mol. The van der Waals surface area contributed by atoms with E-state index in [1.54, 1.807) is 12.4 Å². The van der Waals surface area contributed by atoms with Crippen LogP contribution < -0.4 is 5.32 Å². The lowest BCUT2D eigenvalue weighted by Crippen LogP contribution is -2.40. The molecule has 1 N–H and O–H groups in total. The van der Waals surface area contributed by atoms with Crippen LogP contribution in [0.2, 0.25) is 0 Å². The minimum Gasteiger partial charge on any atom is -0.337 e. The van der Waals surface area contributed by atoms with E-state index in [4.69, 9.17) is 4.98 Å². The van der Waals surface area contributed by atoms with Gasteiger partial charge in [0.05, 0.1) is 6.20 Å². The molecule has 1 fully saturated rings. The van der Waals surface area contributed by atoms with Gasteiger partial charge in [0.25, 0.3) is 5.91 Å². The molecule has 142 valence electrons. The van der Waals surface area contributed by atoms with Crippen molar-refractivity contribution >= 4 is 17.5 Å². The van der Waals surface area contributed by atoms with Crippen molar-refractivity contribution < 1.29 is 4.79 Å². The summed E-state index contributed by atoms with van der Waals surface area (Å²) in [5, 5.41) is 3.22. The summed E-state index contributed by atoms with van der Waals surface area (Å²) in [6.45, 7) is 3.22. The van der Waals surface area contributed by atoms with Gasteiger partial charge in [-0.05, 0) is 31.9 Å². The molecule has 4 heterocycles. The topological polar surface area (TPSA) is 96.8 Å². The fraction of sp³-hybridized carbons (Fsp3) is 0.300. The third-order valence-electron chi connectivity index (χ3n) is 4.65. The molecule has 3 aromatic heterocycles. The van der Waals surface area contributed by atoms with Crippen LogP contribution in [0.5, 0.6) is 0 Å². The van der Waals surface area contributed by atoms with Crippen molar-refractivity contribution in [1.29, 1.82) is 0 Å². The Morgan fingerprint density at radius 3 is 2.86 bits per heavy atom. The molecule has 0 radical (unpaired) electrons. The second-order valence-electron chi connectivity index (χ2n) is 6.77. The Labute approximate surface area is 163 Å². The number of aromatic nitrogens is 5. The molecule has 1 saturated heterocycles. The largest absolute Gasteiger partial charge is 0.337 e. The number of pyridine rings is 1. The van der Waals surface area contributed by atoms with Gasteiger partial charge in [0.15, 0.2) is 0 Å². The van der Waals surface area contributed by atoms with Crippen LogP contribution in [-0.4, -0.2) is 48.8 Å². The van der Waals surface area contributed by atoms with Gasteiger partial charge in [0.1, 0.15) is 23.2 Å². The van der Waals surface area contributed by atoms with Crippen LogP contribution in [0.3, 0.4) is 0 Å². The van der Waals surface area contributed by atoms with Gasteiger partial charge in [-0.15, -0.1) is 0 Å². The van der Waals surface area contributed by atoms with E-state index in [0.29, 0.717) is 24.6 Å². The maximum Gasteiger partial charge on any atom is 0.274 e. The van der Waals surface area contributed by atoms with E-state index in [2.05, 4.69) is 25.3 Å². The lowest BCUT2D eigenvalue weighted by molar-refractivity contribution is 0.0698. The summed E-state index contributed by atoms with van der Waals surface area (Å²) < 4.78 is 0. The third kappa shape index (κ3) is 4.11. The Balaban J connectivity index is 1.52.